The van der Waals surface area contributed by atoms with Crippen LogP contribution in [0.4, 0.5) is 0 Å². The van der Waals surface area contributed by atoms with E-state index in [1.54, 1.807) is 0 Å². The van der Waals surface area contributed by atoms with Crippen molar-refractivity contribution in [2.24, 2.45) is 0 Å². The molecule has 0 fully saturated rings. The van der Waals surface area contributed by atoms with Crippen LogP contribution in [0.15, 0.2) is 11.0 Å². The molecule has 42 valence electrons. The molecule has 0 aromatic rings. The first-order valence-electron chi connectivity index (χ1n) is 1.70. The van der Waals surface area contributed by atoms with E-state index in [1.165, 1.54) is 6.07 Å². The number of nitrogens with zero attached hydrogens (tertiary/aromatic N) is 1. The maximum atomic E-state index is 9.82. The summed E-state index contributed by atoms with van der Waals surface area (Å²) in [6.45, 7) is 0. The maximum Gasteiger partial charge on any atom is 0.346 e. The Morgan fingerprint density at radius 3 is 2.38 bits per heavy atom. The van der Waals surface area contributed by atoms with Gasteiger partial charge in [-0.15, -0.1) is 12.6 Å². The molecular formula is C4H3NO2S. The van der Waals surface area contributed by atoms with Crippen LogP contribution in [0.3, 0.4) is 0 Å². The third-order valence-corrected chi connectivity index (χ3v) is 0.738. The molecule has 0 aliphatic rings. The second-order valence-corrected chi connectivity index (χ2v) is 1.22. The van der Waals surface area contributed by atoms with Crippen LogP contribution in [0.1, 0.15) is 0 Å². The van der Waals surface area contributed by atoms with Gasteiger partial charge in [0.25, 0.3) is 0 Å². The van der Waals surface area contributed by atoms with Crippen molar-refractivity contribution in [3.63, 3.8) is 0 Å². The van der Waals surface area contributed by atoms with Crippen molar-refractivity contribution in [2.45, 2.75) is 0 Å². The summed E-state index contributed by atoms with van der Waals surface area (Å²) >= 11 is 3.47. The van der Waals surface area contributed by atoms with Crippen LogP contribution >= 0.6 is 12.6 Å². The van der Waals surface area contributed by atoms with Crippen LogP contribution < -0.4 is 0 Å². The zero-order chi connectivity index (χ0) is 6.57. The van der Waals surface area contributed by atoms with E-state index in [4.69, 9.17) is 10.4 Å². The molecule has 3 nitrogen and oxygen atoms in total. The summed E-state index contributed by atoms with van der Waals surface area (Å²) in [6.07, 6.45) is 0. The second-order valence-electron chi connectivity index (χ2n) is 0.960. The van der Waals surface area contributed by atoms with Crippen molar-refractivity contribution in [3.05, 3.63) is 11.0 Å². The highest BCUT2D eigenvalue weighted by Crippen LogP contribution is 1.92. The predicted molar refractivity (Wildman–Crippen MR) is 30.3 cm³/mol. The van der Waals surface area contributed by atoms with Crippen molar-refractivity contribution >= 4 is 18.6 Å². The molecule has 0 aliphatic carbocycles. The highest BCUT2D eigenvalue weighted by molar-refractivity contribution is 7.83. The average molecular weight is 129 g/mol. The number of hydrogen-bond acceptors (Lipinski definition) is 3. The molecule has 0 atom stereocenters. The molecular weight excluding hydrogens is 126 g/mol. The molecule has 0 radical (unpaired) electrons. The number of aliphatic carboxylic acids is 1. The van der Waals surface area contributed by atoms with Crippen molar-refractivity contribution in [3.8, 4) is 6.07 Å². The summed E-state index contributed by atoms with van der Waals surface area (Å²) in [5.41, 5.74) is -0.353. The number of nitriles is 1. The molecule has 0 aliphatic heterocycles. The summed E-state index contributed by atoms with van der Waals surface area (Å²) in [5.74, 6) is -1.25. The number of rotatable bonds is 1. The zero-order valence-corrected chi connectivity index (χ0v) is 4.72. The number of carboxylic acids is 1. The van der Waals surface area contributed by atoms with Gasteiger partial charge < -0.3 is 5.11 Å². The van der Waals surface area contributed by atoms with Gasteiger partial charge in [-0.25, -0.2) is 4.79 Å². The zero-order valence-electron chi connectivity index (χ0n) is 3.83. The van der Waals surface area contributed by atoms with Gasteiger partial charge in [0, 0.05) is 0 Å². The summed E-state index contributed by atoms with van der Waals surface area (Å²) in [7, 11) is 0. The third kappa shape index (κ3) is 1.67. The van der Waals surface area contributed by atoms with Gasteiger partial charge in [0.05, 0.1) is 0 Å². The van der Waals surface area contributed by atoms with Crippen LogP contribution in [0, 0.1) is 11.3 Å². The third-order valence-electron chi connectivity index (χ3n) is 0.480. The Morgan fingerprint density at radius 2 is 2.38 bits per heavy atom. The molecule has 0 unspecified atom stereocenters. The lowest BCUT2D eigenvalue weighted by Crippen LogP contribution is -1.95. The smallest absolute Gasteiger partial charge is 0.346 e. The molecule has 0 aromatic carbocycles. The lowest BCUT2D eigenvalue weighted by Gasteiger charge is -1.80. The predicted octanol–water partition coefficient (Wildman–Crippen LogP) is 0.408. The number of hydrogen-bond donors (Lipinski definition) is 2. The highest BCUT2D eigenvalue weighted by Gasteiger charge is 2.01. The number of carboxylic acid groups (broad SMARTS) is 1. The van der Waals surface area contributed by atoms with Gasteiger partial charge in [-0.3, -0.25) is 0 Å². The van der Waals surface area contributed by atoms with Crippen LogP contribution in [0.2, 0.25) is 0 Å². The van der Waals surface area contributed by atoms with E-state index in [1.807, 2.05) is 0 Å². The minimum atomic E-state index is -1.25. The summed E-state index contributed by atoms with van der Waals surface area (Å²) < 4.78 is 0. The normalized spacial score (nSPS) is 10.2. The molecule has 0 rings (SSSR count). The van der Waals surface area contributed by atoms with E-state index in [9.17, 15) is 4.79 Å². The summed E-state index contributed by atoms with van der Waals surface area (Å²) in [4.78, 5) is 9.82. The van der Waals surface area contributed by atoms with Gasteiger partial charge in [0.1, 0.15) is 11.6 Å². The molecule has 0 saturated carbocycles. The minimum Gasteiger partial charge on any atom is -0.477 e. The number of thiol groups is 1. The van der Waals surface area contributed by atoms with Crippen LogP contribution in [-0.4, -0.2) is 11.1 Å². The standard InChI is InChI=1S/C4H3NO2S/c5-1-3(2-8)4(6)7/h2,8H,(H,6,7). The van der Waals surface area contributed by atoms with Gasteiger partial charge in [0.2, 0.25) is 0 Å². The fraction of sp³-hybridized carbons (Fsp3) is 0. The largest absolute Gasteiger partial charge is 0.477 e. The lowest BCUT2D eigenvalue weighted by atomic mass is 10.3. The van der Waals surface area contributed by atoms with Gasteiger partial charge in [-0.05, 0) is 5.41 Å². The molecule has 1 N–H and O–H groups in total. The van der Waals surface area contributed by atoms with Gasteiger partial charge >= 0.3 is 5.97 Å². The van der Waals surface area contributed by atoms with Crippen LogP contribution in [0.5, 0.6) is 0 Å². The monoisotopic (exact) mass is 129 g/mol. The lowest BCUT2D eigenvalue weighted by molar-refractivity contribution is -0.132. The summed E-state index contributed by atoms with van der Waals surface area (Å²) in [5, 5.41) is 16.9. The van der Waals surface area contributed by atoms with Crippen molar-refractivity contribution in [2.75, 3.05) is 0 Å². The van der Waals surface area contributed by atoms with E-state index in [2.05, 4.69) is 12.6 Å². The van der Waals surface area contributed by atoms with E-state index in [-0.39, 0.29) is 5.57 Å². The first kappa shape index (κ1) is 7.05. The maximum absolute atomic E-state index is 9.82. The van der Waals surface area contributed by atoms with Gasteiger partial charge in [-0.1, -0.05) is 0 Å². The first-order chi connectivity index (χ1) is 3.72. The molecule has 4 heteroatoms. The molecule has 0 spiro atoms. The molecule has 0 heterocycles. The van der Waals surface area contributed by atoms with E-state index >= 15 is 0 Å². The molecule has 0 bridgehead atoms. The minimum absolute atomic E-state index is 0.353. The quantitative estimate of drug-likeness (QED) is 0.306. The Hall–Kier alpha value is -0.950. The molecule has 0 saturated heterocycles. The van der Waals surface area contributed by atoms with E-state index in [0.717, 1.165) is 5.41 Å². The molecule has 8 heavy (non-hydrogen) atoms. The fourth-order valence-electron chi connectivity index (χ4n) is 0.132. The highest BCUT2D eigenvalue weighted by atomic mass is 32.1. The van der Waals surface area contributed by atoms with Crippen molar-refractivity contribution in [1.82, 2.24) is 0 Å². The second kappa shape index (κ2) is 3.10. The fourth-order valence-corrected chi connectivity index (χ4v) is 0.300. The Labute approximate surface area is 51.6 Å². The average Bonchev–Trinajstić information content (AvgIpc) is 1.69. The first-order valence-corrected chi connectivity index (χ1v) is 2.21. The number of carbonyl (C=O) groups is 1. The molecule has 0 amide bonds. The Bertz CT molecular complexity index is 167. The summed E-state index contributed by atoms with van der Waals surface area (Å²) in [6, 6.07) is 1.44. The van der Waals surface area contributed by atoms with E-state index in [0.29, 0.717) is 0 Å². The van der Waals surface area contributed by atoms with E-state index < -0.39 is 5.97 Å². The Kier molecular flexibility index (Phi) is 2.74. The Morgan fingerprint density at radius 1 is 1.88 bits per heavy atom. The molecule has 0 aromatic heterocycles. The van der Waals surface area contributed by atoms with Crippen LogP contribution in [-0.2, 0) is 4.79 Å². The SMILES string of the molecule is N#CC(=CS)C(=O)O. The van der Waals surface area contributed by atoms with Gasteiger partial charge in [-0.2, -0.15) is 5.26 Å². The van der Waals surface area contributed by atoms with Crippen molar-refractivity contribution < 1.29 is 9.90 Å². The van der Waals surface area contributed by atoms with Gasteiger partial charge in [0.15, 0.2) is 0 Å². The Balaban J connectivity index is 4.20. The van der Waals surface area contributed by atoms with Crippen LogP contribution in [0.25, 0.3) is 0 Å². The topological polar surface area (TPSA) is 61.1 Å². The van der Waals surface area contributed by atoms with Crippen molar-refractivity contribution in [1.29, 1.82) is 5.26 Å².